The minimum Gasteiger partial charge on any atom is -0.382 e. The molecule has 0 spiro atoms. The van der Waals surface area contributed by atoms with Crippen LogP contribution in [0, 0.1) is 0 Å². The quantitative estimate of drug-likeness (QED) is 0.596. The van der Waals surface area contributed by atoms with Crippen molar-refractivity contribution in [3.8, 4) is 0 Å². The van der Waals surface area contributed by atoms with Crippen LogP contribution in [0.15, 0.2) is 0 Å². The van der Waals surface area contributed by atoms with Crippen molar-refractivity contribution in [3.63, 3.8) is 0 Å². The highest BCUT2D eigenvalue weighted by Crippen LogP contribution is 2.23. The highest BCUT2D eigenvalue weighted by atomic mass is 16.5. The van der Waals surface area contributed by atoms with Gasteiger partial charge in [-0.1, -0.05) is 0 Å². The Morgan fingerprint density at radius 3 is 1.38 bits per heavy atom. The van der Waals surface area contributed by atoms with Crippen LogP contribution in [-0.2, 0) is 18.9 Å². The van der Waals surface area contributed by atoms with Crippen LogP contribution in [0.2, 0.25) is 0 Å². The van der Waals surface area contributed by atoms with E-state index in [-0.39, 0.29) is 0 Å². The van der Waals surface area contributed by atoms with Gasteiger partial charge in [-0.15, -0.1) is 0 Å². The first-order valence-electron chi connectivity index (χ1n) is 6.08. The smallest absolute Gasteiger partial charge is 0.0704 e. The second-order valence-electron chi connectivity index (χ2n) is 4.13. The molecular weight excluding hydrogens is 208 g/mol. The van der Waals surface area contributed by atoms with Crippen molar-refractivity contribution < 1.29 is 18.9 Å². The molecule has 0 amide bonds. The van der Waals surface area contributed by atoms with Gasteiger partial charge in [0.1, 0.15) is 0 Å². The normalized spacial score (nSPS) is 25.9. The highest BCUT2D eigenvalue weighted by molar-refractivity contribution is 4.73. The van der Waals surface area contributed by atoms with E-state index in [1.165, 1.54) is 0 Å². The van der Waals surface area contributed by atoms with Crippen molar-refractivity contribution in [3.05, 3.63) is 0 Å². The third-order valence-electron chi connectivity index (χ3n) is 2.90. The molecule has 1 fully saturated rings. The largest absolute Gasteiger partial charge is 0.382 e. The van der Waals surface area contributed by atoms with Gasteiger partial charge >= 0.3 is 0 Å². The second-order valence-corrected chi connectivity index (χ2v) is 4.13. The molecule has 16 heavy (non-hydrogen) atoms. The minimum absolute atomic E-state index is 0.400. The van der Waals surface area contributed by atoms with Gasteiger partial charge in [0.05, 0.1) is 38.6 Å². The molecule has 1 saturated carbocycles. The third-order valence-corrected chi connectivity index (χ3v) is 2.90. The summed E-state index contributed by atoms with van der Waals surface area (Å²) in [5, 5.41) is 0. The average Bonchev–Trinajstić information content (AvgIpc) is 2.32. The van der Waals surface area contributed by atoms with Crippen molar-refractivity contribution in [2.24, 2.45) is 0 Å². The Kier molecular flexibility index (Phi) is 7.76. The van der Waals surface area contributed by atoms with E-state index >= 15 is 0 Å². The lowest BCUT2D eigenvalue weighted by atomic mass is 9.95. The van der Waals surface area contributed by atoms with E-state index in [1.807, 2.05) is 0 Å². The monoisotopic (exact) mass is 232 g/mol. The summed E-state index contributed by atoms with van der Waals surface area (Å²) in [5.41, 5.74) is 0. The van der Waals surface area contributed by atoms with E-state index in [1.54, 1.807) is 14.2 Å². The summed E-state index contributed by atoms with van der Waals surface area (Å²) in [4.78, 5) is 0. The second kappa shape index (κ2) is 8.93. The molecule has 0 atom stereocenters. The summed E-state index contributed by atoms with van der Waals surface area (Å²) < 4.78 is 21.3. The number of methoxy groups -OCH3 is 2. The molecule has 4 heteroatoms. The SMILES string of the molecule is COCCOC1CCC(OCCOC)CC1. The zero-order chi connectivity index (χ0) is 11.6. The molecule has 0 bridgehead atoms. The highest BCUT2D eigenvalue weighted by Gasteiger charge is 2.21. The molecule has 4 nitrogen and oxygen atoms in total. The number of ether oxygens (including phenoxy) is 4. The Bertz CT molecular complexity index is 137. The lowest BCUT2D eigenvalue weighted by Crippen LogP contribution is -2.28. The Morgan fingerprint density at radius 2 is 1.06 bits per heavy atom. The summed E-state index contributed by atoms with van der Waals surface area (Å²) >= 11 is 0. The van der Waals surface area contributed by atoms with E-state index in [9.17, 15) is 0 Å². The van der Waals surface area contributed by atoms with Crippen LogP contribution in [0.3, 0.4) is 0 Å². The van der Waals surface area contributed by atoms with Crippen LogP contribution in [0.4, 0.5) is 0 Å². The molecule has 0 aromatic rings. The third kappa shape index (κ3) is 5.80. The van der Waals surface area contributed by atoms with Gasteiger partial charge in [-0.05, 0) is 25.7 Å². The standard InChI is InChI=1S/C12H24O4/c1-13-7-9-15-11-3-5-12(6-4-11)16-10-8-14-2/h11-12H,3-10H2,1-2H3. The Hall–Kier alpha value is -0.160. The maximum Gasteiger partial charge on any atom is 0.0704 e. The van der Waals surface area contributed by atoms with Gasteiger partial charge in [0.2, 0.25) is 0 Å². The first-order valence-corrected chi connectivity index (χ1v) is 6.08. The summed E-state index contributed by atoms with van der Waals surface area (Å²) in [6, 6.07) is 0. The van der Waals surface area contributed by atoms with Gasteiger partial charge < -0.3 is 18.9 Å². The topological polar surface area (TPSA) is 36.9 Å². The molecule has 0 aromatic heterocycles. The predicted octanol–water partition coefficient (Wildman–Crippen LogP) is 1.62. The molecule has 0 unspecified atom stereocenters. The van der Waals surface area contributed by atoms with E-state index in [0.29, 0.717) is 38.6 Å². The summed E-state index contributed by atoms with van der Waals surface area (Å²) in [7, 11) is 3.40. The van der Waals surface area contributed by atoms with Crippen molar-refractivity contribution in [2.75, 3.05) is 40.6 Å². The molecule has 0 radical (unpaired) electrons. The van der Waals surface area contributed by atoms with Crippen LogP contribution in [0.1, 0.15) is 25.7 Å². The van der Waals surface area contributed by atoms with Gasteiger partial charge in [-0.25, -0.2) is 0 Å². The molecule has 1 aliphatic carbocycles. The zero-order valence-corrected chi connectivity index (χ0v) is 10.4. The van der Waals surface area contributed by atoms with Crippen molar-refractivity contribution >= 4 is 0 Å². The summed E-state index contributed by atoms with van der Waals surface area (Å²) in [6.45, 7) is 2.78. The van der Waals surface area contributed by atoms with E-state index in [0.717, 1.165) is 25.7 Å². The Labute approximate surface area is 98.2 Å². The molecule has 1 aliphatic rings. The molecule has 96 valence electrons. The van der Waals surface area contributed by atoms with Crippen LogP contribution >= 0.6 is 0 Å². The molecule has 0 aliphatic heterocycles. The molecule has 0 aromatic carbocycles. The molecular formula is C12H24O4. The van der Waals surface area contributed by atoms with Crippen LogP contribution in [-0.4, -0.2) is 52.9 Å². The summed E-state index contributed by atoms with van der Waals surface area (Å²) in [6.07, 6.45) is 5.20. The predicted molar refractivity (Wildman–Crippen MR) is 61.7 cm³/mol. The van der Waals surface area contributed by atoms with E-state index in [2.05, 4.69) is 0 Å². The van der Waals surface area contributed by atoms with Crippen molar-refractivity contribution in [1.82, 2.24) is 0 Å². The van der Waals surface area contributed by atoms with Gasteiger partial charge in [-0.2, -0.15) is 0 Å². The molecule has 1 rings (SSSR count). The van der Waals surface area contributed by atoms with Crippen LogP contribution < -0.4 is 0 Å². The summed E-state index contributed by atoms with van der Waals surface area (Å²) in [5.74, 6) is 0. The zero-order valence-electron chi connectivity index (χ0n) is 10.4. The van der Waals surface area contributed by atoms with Crippen LogP contribution in [0.5, 0.6) is 0 Å². The molecule has 0 N–H and O–H groups in total. The van der Waals surface area contributed by atoms with Crippen molar-refractivity contribution in [2.45, 2.75) is 37.9 Å². The lowest BCUT2D eigenvalue weighted by molar-refractivity contribution is -0.0495. The number of hydrogen-bond acceptors (Lipinski definition) is 4. The molecule has 0 saturated heterocycles. The fraction of sp³-hybridized carbons (Fsp3) is 1.00. The average molecular weight is 232 g/mol. The van der Waals surface area contributed by atoms with E-state index < -0.39 is 0 Å². The van der Waals surface area contributed by atoms with Crippen LogP contribution in [0.25, 0.3) is 0 Å². The molecule has 0 heterocycles. The number of rotatable bonds is 8. The number of hydrogen-bond donors (Lipinski definition) is 0. The fourth-order valence-electron chi connectivity index (χ4n) is 1.96. The maximum atomic E-state index is 5.69. The van der Waals surface area contributed by atoms with Gasteiger partial charge in [-0.3, -0.25) is 0 Å². The minimum atomic E-state index is 0.400. The first-order chi connectivity index (χ1) is 7.86. The lowest BCUT2D eigenvalue weighted by Gasteiger charge is -2.28. The fourth-order valence-corrected chi connectivity index (χ4v) is 1.96. The Morgan fingerprint density at radius 1 is 0.688 bits per heavy atom. The van der Waals surface area contributed by atoms with Gasteiger partial charge in [0.15, 0.2) is 0 Å². The van der Waals surface area contributed by atoms with Gasteiger partial charge in [0.25, 0.3) is 0 Å². The van der Waals surface area contributed by atoms with Gasteiger partial charge in [0, 0.05) is 14.2 Å². The van der Waals surface area contributed by atoms with E-state index in [4.69, 9.17) is 18.9 Å². The maximum absolute atomic E-state index is 5.69. The first kappa shape index (κ1) is 13.9. The Balaban J connectivity index is 2.00. The van der Waals surface area contributed by atoms with Crippen molar-refractivity contribution in [1.29, 1.82) is 0 Å².